The van der Waals surface area contributed by atoms with Gasteiger partial charge in [0.15, 0.2) is 5.76 Å². The van der Waals surface area contributed by atoms with Gasteiger partial charge in [-0.2, -0.15) is 0 Å². The van der Waals surface area contributed by atoms with Gasteiger partial charge in [0.1, 0.15) is 24.2 Å². The van der Waals surface area contributed by atoms with Crippen LogP contribution in [0.4, 0.5) is 0 Å². The number of aliphatic hydroxyl groups excluding tert-OH is 1. The molecule has 1 unspecified atom stereocenters. The van der Waals surface area contributed by atoms with E-state index in [9.17, 15) is 4.79 Å². The van der Waals surface area contributed by atoms with Crippen LogP contribution < -0.4 is 10.1 Å². The number of aliphatic hydroxyl groups is 1. The van der Waals surface area contributed by atoms with Gasteiger partial charge in [-0.3, -0.25) is 4.79 Å². The van der Waals surface area contributed by atoms with Crippen LogP contribution in [0, 0.1) is 6.92 Å². The lowest BCUT2D eigenvalue weighted by Gasteiger charge is -2.18. The largest absolute Gasteiger partial charge is 0.487 e. The Hall–Kier alpha value is -1.98. The number of benzene rings is 1. The Bertz CT molecular complexity index is 668. The summed E-state index contributed by atoms with van der Waals surface area (Å²) in [7, 11) is 0. The van der Waals surface area contributed by atoms with Crippen molar-refractivity contribution >= 4 is 17.5 Å². The van der Waals surface area contributed by atoms with Crippen molar-refractivity contribution in [1.82, 2.24) is 5.32 Å². The normalized spacial score (nSPS) is 12.0. The number of amides is 1. The minimum absolute atomic E-state index is 0.202. The van der Waals surface area contributed by atoms with Crippen LogP contribution in [0.2, 0.25) is 5.02 Å². The standard InChI is InChI=1S/C17H20ClNO4/c1-3-12(22-15-7-5-4-6-14(15)18)9-19-17(21)16-11(2)8-13(10-20)23-16/h4-8,12,20H,3,9-10H2,1-2H3,(H,19,21). The summed E-state index contributed by atoms with van der Waals surface area (Å²) in [5.74, 6) is 0.837. The zero-order chi connectivity index (χ0) is 16.8. The lowest BCUT2D eigenvalue weighted by molar-refractivity contribution is 0.0893. The highest BCUT2D eigenvalue weighted by atomic mass is 35.5. The first kappa shape index (κ1) is 17.4. The molecule has 0 spiro atoms. The summed E-state index contributed by atoms with van der Waals surface area (Å²) in [5.41, 5.74) is 0.687. The molecule has 2 N–H and O–H groups in total. The third kappa shape index (κ3) is 4.50. The average Bonchev–Trinajstić information content (AvgIpc) is 2.94. The number of ether oxygens (including phenoxy) is 1. The monoisotopic (exact) mass is 337 g/mol. The second kappa shape index (κ2) is 8.04. The van der Waals surface area contributed by atoms with E-state index in [2.05, 4.69) is 5.32 Å². The van der Waals surface area contributed by atoms with Gasteiger partial charge in [-0.15, -0.1) is 0 Å². The number of hydrogen-bond donors (Lipinski definition) is 2. The quantitative estimate of drug-likeness (QED) is 0.813. The fraction of sp³-hybridized carbons (Fsp3) is 0.353. The van der Waals surface area contributed by atoms with Gasteiger partial charge >= 0.3 is 0 Å². The first-order chi connectivity index (χ1) is 11.0. The minimum atomic E-state index is -0.330. The molecule has 1 aromatic heterocycles. The predicted octanol–water partition coefficient (Wildman–Crippen LogP) is 3.32. The molecule has 0 saturated heterocycles. The third-order valence-corrected chi connectivity index (χ3v) is 3.72. The molecular weight excluding hydrogens is 318 g/mol. The lowest BCUT2D eigenvalue weighted by atomic mass is 10.2. The van der Waals surface area contributed by atoms with Crippen LogP contribution in [0.15, 0.2) is 34.7 Å². The molecule has 0 fully saturated rings. The van der Waals surface area contributed by atoms with Crippen molar-refractivity contribution in [3.8, 4) is 5.75 Å². The van der Waals surface area contributed by atoms with E-state index < -0.39 is 0 Å². The van der Waals surface area contributed by atoms with Crippen molar-refractivity contribution in [2.45, 2.75) is 33.0 Å². The Morgan fingerprint density at radius 1 is 1.43 bits per heavy atom. The first-order valence-electron chi connectivity index (χ1n) is 7.44. The first-order valence-corrected chi connectivity index (χ1v) is 7.82. The van der Waals surface area contributed by atoms with Crippen LogP contribution in [0.5, 0.6) is 5.75 Å². The summed E-state index contributed by atoms with van der Waals surface area (Å²) in [6.45, 7) is 3.82. The molecule has 2 rings (SSSR count). The molecule has 6 heteroatoms. The SMILES string of the molecule is CCC(CNC(=O)c1oc(CO)cc1C)Oc1ccccc1Cl. The van der Waals surface area contributed by atoms with Gasteiger partial charge in [-0.1, -0.05) is 30.7 Å². The maximum Gasteiger partial charge on any atom is 0.287 e. The summed E-state index contributed by atoms with van der Waals surface area (Å²) in [4.78, 5) is 12.2. The van der Waals surface area contributed by atoms with E-state index in [1.807, 2.05) is 19.1 Å². The number of para-hydroxylation sites is 1. The van der Waals surface area contributed by atoms with Crippen LogP contribution in [0.3, 0.4) is 0 Å². The van der Waals surface area contributed by atoms with Gasteiger partial charge in [0.25, 0.3) is 5.91 Å². The van der Waals surface area contributed by atoms with Crippen LogP contribution in [-0.4, -0.2) is 23.7 Å². The molecule has 23 heavy (non-hydrogen) atoms. The van der Waals surface area contributed by atoms with Crippen molar-refractivity contribution < 1.29 is 19.1 Å². The van der Waals surface area contributed by atoms with E-state index in [4.69, 9.17) is 25.9 Å². The minimum Gasteiger partial charge on any atom is -0.487 e. The van der Waals surface area contributed by atoms with Gasteiger partial charge in [-0.05, 0) is 31.5 Å². The maximum absolute atomic E-state index is 12.2. The molecule has 124 valence electrons. The highest BCUT2D eigenvalue weighted by Gasteiger charge is 2.17. The van der Waals surface area contributed by atoms with Crippen LogP contribution >= 0.6 is 11.6 Å². The molecule has 0 bridgehead atoms. The number of carbonyl (C=O) groups excluding carboxylic acids is 1. The van der Waals surface area contributed by atoms with Crippen molar-refractivity contribution in [3.05, 3.63) is 52.4 Å². The smallest absolute Gasteiger partial charge is 0.287 e. The van der Waals surface area contributed by atoms with Crippen LogP contribution in [0.1, 0.15) is 35.2 Å². The average molecular weight is 338 g/mol. The number of carbonyl (C=O) groups is 1. The molecule has 1 aromatic carbocycles. The van der Waals surface area contributed by atoms with Gasteiger partial charge in [-0.25, -0.2) is 0 Å². The zero-order valence-electron chi connectivity index (χ0n) is 13.1. The Morgan fingerprint density at radius 2 is 2.17 bits per heavy atom. The van der Waals surface area contributed by atoms with E-state index in [1.165, 1.54) is 0 Å². The number of hydrogen-bond acceptors (Lipinski definition) is 4. The summed E-state index contributed by atoms with van der Waals surface area (Å²) >= 11 is 6.07. The Balaban J connectivity index is 1.96. The zero-order valence-corrected chi connectivity index (χ0v) is 13.9. The summed E-state index contributed by atoms with van der Waals surface area (Å²) < 4.78 is 11.1. The van der Waals surface area contributed by atoms with Gasteiger partial charge < -0.3 is 19.6 Å². The summed E-state index contributed by atoms with van der Waals surface area (Å²) in [6, 6.07) is 8.86. The van der Waals surface area contributed by atoms with Gasteiger partial charge in [0, 0.05) is 5.56 Å². The third-order valence-electron chi connectivity index (χ3n) is 3.41. The number of aryl methyl sites for hydroxylation is 1. The number of furan rings is 1. The van der Waals surface area contributed by atoms with E-state index in [0.29, 0.717) is 35.1 Å². The highest BCUT2D eigenvalue weighted by molar-refractivity contribution is 6.32. The van der Waals surface area contributed by atoms with Crippen LogP contribution in [-0.2, 0) is 6.61 Å². The van der Waals surface area contributed by atoms with Crippen LogP contribution in [0.25, 0.3) is 0 Å². The van der Waals surface area contributed by atoms with E-state index in [0.717, 1.165) is 0 Å². The fourth-order valence-electron chi connectivity index (χ4n) is 2.13. The molecule has 5 nitrogen and oxygen atoms in total. The molecule has 1 heterocycles. The molecule has 0 aliphatic heterocycles. The molecule has 0 aliphatic rings. The van der Waals surface area contributed by atoms with Gasteiger partial charge in [0.05, 0.1) is 11.6 Å². The second-order valence-electron chi connectivity index (χ2n) is 5.17. The van der Waals surface area contributed by atoms with E-state index in [1.54, 1.807) is 25.1 Å². The molecule has 0 saturated carbocycles. The second-order valence-corrected chi connectivity index (χ2v) is 5.58. The van der Waals surface area contributed by atoms with Gasteiger partial charge in [0.2, 0.25) is 0 Å². The van der Waals surface area contributed by atoms with Crippen molar-refractivity contribution in [2.24, 2.45) is 0 Å². The Labute approximate surface area is 140 Å². The number of halogens is 1. The molecule has 2 aromatic rings. The molecule has 1 atom stereocenters. The predicted molar refractivity (Wildman–Crippen MR) is 87.9 cm³/mol. The van der Waals surface area contributed by atoms with E-state index in [-0.39, 0.29) is 24.4 Å². The number of rotatable bonds is 7. The summed E-state index contributed by atoms with van der Waals surface area (Å²) in [6.07, 6.45) is 0.510. The topological polar surface area (TPSA) is 71.7 Å². The molecule has 0 aliphatic carbocycles. The highest BCUT2D eigenvalue weighted by Crippen LogP contribution is 2.24. The molecule has 1 amide bonds. The number of nitrogens with one attached hydrogen (secondary N) is 1. The lowest BCUT2D eigenvalue weighted by Crippen LogP contribution is -2.35. The molecular formula is C17H20ClNO4. The Morgan fingerprint density at radius 3 is 2.78 bits per heavy atom. The Kier molecular flexibility index (Phi) is 6.07. The molecule has 0 radical (unpaired) electrons. The van der Waals surface area contributed by atoms with Crippen molar-refractivity contribution in [1.29, 1.82) is 0 Å². The van der Waals surface area contributed by atoms with Crippen molar-refractivity contribution in [2.75, 3.05) is 6.54 Å². The summed E-state index contributed by atoms with van der Waals surface area (Å²) in [5, 5.41) is 12.4. The van der Waals surface area contributed by atoms with Crippen molar-refractivity contribution in [3.63, 3.8) is 0 Å². The fourth-order valence-corrected chi connectivity index (χ4v) is 2.31. The van der Waals surface area contributed by atoms with E-state index >= 15 is 0 Å². The maximum atomic E-state index is 12.2.